The number of hydrogen-bond donors (Lipinski definition) is 2. The molecule has 0 radical (unpaired) electrons. The third-order valence-corrected chi connectivity index (χ3v) is 4.55. The summed E-state index contributed by atoms with van der Waals surface area (Å²) in [5.74, 6) is 0.119. The maximum atomic E-state index is 13.7. The van der Waals surface area contributed by atoms with Crippen LogP contribution in [0.25, 0.3) is 0 Å². The number of hydrogen-bond acceptors (Lipinski definition) is 3. The van der Waals surface area contributed by atoms with Gasteiger partial charge < -0.3 is 15.3 Å². The predicted molar refractivity (Wildman–Crippen MR) is 91.3 cm³/mol. The molecule has 2 aromatic carbocycles. The summed E-state index contributed by atoms with van der Waals surface area (Å²) >= 11 is 0. The average molecular weight is 314 g/mol. The molecule has 0 amide bonds. The van der Waals surface area contributed by atoms with Gasteiger partial charge in [0, 0.05) is 24.7 Å². The van der Waals surface area contributed by atoms with Crippen molar-refractivity contribution in [2.45, 2.75) is 25.0 Å². The Morgan fingerprint density at radius 2 is 2.04 bits per heavy atom. The summed E-state index contributed by atoms with van der Waals surface area (Å²) in [6, 6.07) is 14.5. The first-order valence-electron chi connectivity index (χ1n) is 8.05. The Labute approximate surface area is 136 Å². The van der Waals surface area contributed by atoms with Crippen molar-refractivity contribution < 1.29 is 9.50 Å². The Kier molecular flexibility index (Phi) is 4.64. The lowest BCUT2D eigenvalue weighted by atomic mass is 9.99. The van der Waals surface area contributed by atoms with Gasteiger partial charge in [0.1, 0.15) is 5.82 Å². The zero-order valence-electron chi connectivity index (χ0n) is 13.5. The fourth-order valence-electron chi connectivity index (χ4n) is 3.54. The fraction of sp³-hybridized carbons (Fsp3) is 0.368. The van der Waals surface area contributed by atoms with E-state index in [-0.39, 0.29) is 11.9 Å². The summed E-state index contributed by atoms with van der Waals surface area (Å²) < 4.78 is 13.7. The number of nitrogens with one attached hydrogen (secondary N) is 1. The maximum absolute atomic E-state index is 13.7. The van der Waals surface area contributed by atoms with Gasteiger partial charge in [0.25, 0.3) is 0 Å². The van der Waals surface area contributed by atoms with Crippen LogP contribution in [-0.4, -0.2) is 31.3 Å². The van der Waals surface area contributed by atoms with Gasteiger partial charge in [0.05, 0.1) is 12.1 Å². The Bertz CT molecular complexity index is 676. The zero-order valence-corrected chi connectivity index (χ0v) is 13.5. The molecule has 0 aliphatic carbocycles. The van der Waals surface area contributed by atoms with E-state index in [1.807, 2.05) is 25.2 Å². The monoisotopic (exact) mass is 314 g/mol. The minimum atomic E-state index is -0.625. The molecule has 2 N–H and O–H groups in total. The van der Waals surface area contributed by atoms with Crippen LogP contribution in [0.1, 0.15) is 30.0 Å². The van der Waals surface area contributed by atoms with E-state index in [4.69, 9.17) is 0 Å². The van der Waals surface area contributed by atoms with Gasteiger partial charge in [-0.05, 0) is 36.4 Å². The molecule has 1 heterocycles. The molecule has 1 aliphatic rings. The van der Waals surface area contributed by atoms with Gasteiger partial charge in [-0.1, -0.05) is 37.3 Å². The number of fused-ring (bicyclic) bond motifs is 1. The van der Waals surface area contributed by atoms with Crippen molar-refractivity contribution >= 4 is 5.69 Å². The highest BCUT2D eigenvalue weighted by Gasteiger charge is 2.34. The molecule has 4 heteroatoms. The van der Waals surface area contributed by atoms with Crippen LogP contribution in [0.3, 0.4) is 0 Å². The topological polar surface area (TPSA) is 35.5 Å². The number of aliphatic hydroxyl groups is 1. The number of halogens is 1. The molecule has 0 aromatic heterocycles. The van der Waals surface area contributed by atoms with E-state index in [1.54, 1.807) is 6.07 Å². The molecular formula is C19H23FN2O. The van der Waals surface area contributed by atoms with Crippen LogP contribution in [0.4, 0.5) is 10.1 Å². The lowest BCUT2D eigenvalue weighted by Gasteiger charge is -2.34. The molecule has 0 saturated heterocycles. The van der Waals surface area contributed by atoms with E-state index >= 15 is 0 Å². The van der Waals surface area contributed by atoms with Crippen LogP contribution >= 0.6 is 0 Å². The fourth-order valence-corrected chi connectivity index (χ4v) is 3.54. The molecule has 3 nitrogen and oxygen atoms in total. The van der Waals surface area contributed by atoms with Gasteiger partial charge >= 0.3 is 0 Å². The number of benzene rings is 2. The van der Waals surface area contributed by atoms with E-state index in [0.717, 1.165) is 17.8 Å². The summed E-state index contributed by atoms with van der Waals surface area (Å²) in [5.41, 5.74) is 3.21. The Morgan fingerprint density at radius 3 is 2.78 bits per heavy atom. The molecule has 122 valence electrons. The highest BCUT2D eigenvalue weighted by Crippen LogP contribution is 2.41. The van der Waals surface area contributed by atoms with Gasteiger partial charge in [-0.2, -0.15) is 0 Å². The summed E-state index contributed by atoms with van der Waals surface area (Å²) in [6.07, 6.45) is -0.625. The van der Waals surface area contributed by atoms with Crippen molar-refractivity contribution in [2.75, 3.05) is 25.0 Å². The predicted octanol–water partition coefficient (Wildman–Crippen LogP) is 3.07. The molecular weight excluding hydrogens is 291 g/mol. The first-order valence-corrected chi connectivity index (χ1v) is 8.05. The zero-order chi connectivity index (χ0) is 16.4. The lowest BCUT2D eigenvalue weighted by Crippen LogP contribution is -2.40. The van der Waals surface area contributed by atoms with Gasteiger partial charge in [-0.15, -0.1) is 0 Å². The second-order valence-corrected chi connectivity index (χ2v) is 6.24. The normalized spacial score (nSPS) is 19.5. The van der Waals surface area contributed by atoms with E-state index in [9.17, 15) is 9.50 Å². The van der Waals surface area contributed by atoms with Crippen molar-refractivity contribution in [1.29, 1.82) is 0 Å². The van der Waals surface area contributed by atoms with Crippen LogP contribution < -0.4 is 10.2 Å². The summed E-state index contributed by atoms with van der Waals surface area (Å²) in [7, 11) is 1.81. The van der Waals surface area contributed by atoms with Crippen molar-refractivity contribution in [3.63, 3.8) is 0 Å². The molecule has 3 rings (SSSR count). The Morgan fingerprint density at radius 1 is 1.26 bits per heavy atom. The summed E-state index contributed by atoms with van der Waals surface area (Å²) in [6.45, 7) is 3.46. The number of anilines is 1. The number of aliphatic hydroxyl groups excluding tert-OH is 1. The molecule has 3 atom stereocenters. The molecule has 1 aliphatic heterocycles. The smallest absolute Gasteiger partial charge is 0.123 e. The number of rotatable bonds is 5. The van der Waals surface area contributed by atoms with Crippen molar-refractivity contribution in [2.24, 2.45) is 0 Å². The maximum Gasteiger partial charge on any atom is 0.123 e. The van der Waals surface area contributed by atoms with Crippen LogP contribution in [0.2, 0.25) is 0 Å². The minimum absolute atomic E-state index is 0.273. The van der Waals surface area contributed by atoms with Crippen LogP contribution in [0.15, 0.2) is 48.5 Å². The van der Waals surface area contributed by atoms with Gasteiger partial charge in [0.15, 0.2) is 0 Å². The quantitative estimate of drug-likeness (QED) is 0.890. The summed E-state index contributed by atoms with van der Waals surface area (Å²) in [4.78, 5) is 2.21. The standard InChI is InChI=1S/C19H23FN2O/c1-13-12-22(17-9-4-3-8-16(13)17)19(18(23)11-21-2)14-6-5-7-15(20)10-14/h3-10,13,18-19,21,23H,11-12H2,1-2H3/t13?,18?,19-/m1/s1. The van der Waals surface area contributed by atoms with Gasteiger partial charge in [-0.25, -0.2) is 4.39 Å². The highest BCUT2D eigenvalue weighted by molar-refractivity contribution is 5.61. The second kappa shape index (κ2) is 6.69. The first-order chi connectivity index (χ1) is 11.1. The third kappa shape index (κ3) is 3.09. The minimum Gasteiger partial charge on any atom is -0.389 e. The van der Waals surface area contributed by atoms with Crippen molar-refractivity contribution in [3.05, 3.63) is 65.5 Å². The van der Waals surface area contributed by atoms with E-state index in [1.165, 1.54) is 17.7 Å². The number of nitrogens with zero attached hydrogens (tertiary/aromatic N) is 1. The van der Waals surface area contributed by atoms with E-state index in [0.29, 0.717) is 12.5 Å². The largest absolute Gasteiger partial charge is 0.389 e. The first kappa shape index (κ1) is 16.0. The highest BCUT2D eigenvalue weighted by atomic mass is 19.1. The lowest BCUT2D eigenvalue weighted by molar-refractivity contribution is 0.140. The van der Waals surface area contributed by atoms with Crippen LogP contribution in [-0.2, 0) is 0 Å². The van der Waals surface area contributed by atoms with Crippen LogP contribution in [0, 0.1) is 5.82 Å². The molecule has 0 saturated carbocycles. The van der Waals surface area contributed by atoms with Crippen molar-refractivity contribution in [1.82, 2.24) is 5.32 Å². The van der Waals surface area contributed by atoms with Crippen LogP contribution in [0.5, 0.6) is 0 Å². The average Bonchev–Trinajstić information content (AvgIpc) is 2.86. The number of likely N-dealkylation sites (N-methyl/N-ethyl adjacent to an activating group) is 1. The Balaban J connectivity index is 2.03. The van der Waals surface area contributed by atoms with Crippen molar-refractivity contribution in [3.8, 4) is 0 Å². The molecule has 2 unspecified atom stereocenters. The molecule has 23 heavy (non-hydrogen) atoms. The molecule has 0 spiro atoms. The number of para-hydroxylation sites is 1. The Hall–Kier alpha value is -1.91. The third-order valence-electron chi connectivity index (χ3n) is 4.55. The summed E-state index contributed by atoms with van der Waals surface area (Å²) in [5, 5.41) is 13.7. The molecule has 0 bridgehead atoms. The van der Waals surface area contributed by atoms with Gasteiger partial charge in [-0.3, -0.25) is 0 Å². The molecule has 2 aromatic rings. The van der Waals surface area contributed by atoms with Gasteiger partial charge in [0.2, 0.25) is 0 Å². The van der Waals surface area contributed by atoms with E-state index < -0.39 is 6.10 Å². The SMILES string of the molecule is CNCC(O)[C@@H](c1cccc(F)c1)N1CC(C)c2ccccc21. The van der Waals surface area contributed by atoms with E-state index in [2.05, 4.69) is 29.3 Å². The second-order valence-electron chi connectivity index (χ2n) is 6.24. The molecule has 0 fully saturated rings.